The van der Waals surface area contributed by atoms with Crippen molar-refractivity contribution in [2.24, 2.45) is 5.73 Å². The summed E-state index contributed by atoms with van der Waals surface area (Å²) in [5, 5.41) is 19.7. The zero-order valence-corrected chi connectivity index (χ0v) is 10.7. The van der Waals surface area contributed by atoms with Crippen molar-refractivity contribution in [3.63, 3.8) is 0 Å². The largest absolute Gasteiger partial charge is 0.481 e. The fourth-order valence-corrected chi connectivity index (χ4v) is 1.73. The normalized spacial score (nSPS) is 13.2. The molecule has 1 amide bonds. The van der Waals surface area contributed by atoms with Gasteiger partial charge in [0.25, 0.3) is 0 Å². The lowest BCUT2D eigenvalue weighted by Crippen LogP contribution is -2.45. The monoisotopic (exact) mass is 280 g/mol. The van der Waals surface area contributed by atoms with E-state index in [9.17, 15) is 14.4 Å². The van der Waals surface area contributed by atoms with Crippen molar-refractivity contribution in [2.75, 3.05) is 6.54 Å². The Morgan fingerprint density at radius 1 is 1.15 bits per heavy atom. The van der Waals surface area contributed by atoms with Gasteiger partial charge in [-0.05, 0) is 5.56 Å². The molecule has 0 aliphatic carbocycles. The first-order valence-electron chi connectivity index (χ1n) is 5.95. The summed E-state index contributed by atoms with van der Waals surface area (Å²) in [6, 6.07) is 7.17. The molecule has 0 aliphatic rings. The molecule has 7 heteroatoms. The van der Waals surface area contributed by atoms with Crippen LogP contribution in [0.4, 0.5) is 0 Å². The second-order valence-electron chi connectivity index (χ2n) is 4.20. The number of amides is 1. The second kappa shape index (κ2) is 7.25. The van der Waals surface area contributed by atoms with Gasteiger partial charge >= 0.3 is 11.9 Å². The van der Waals surface area contributed by atoms with Crippen LogP contribution in [0.25, 0.3) is 0 Å². The van der Waals surface area contributed by atoms with E-state index < -0.39 is 36.2 Å². The number of carbonyl (C=O) groups excluding carboxylic acids is 1. The summed E-state index contributed by atoms with van der Waals surface area (Å²) in [4.78, 5) is 33.5. The Labute approximate surface area is 115 Å². The average Bonchev–Trinajstić information content (AvgIpc) is 2.39. The predicted octanol–water partition coefficient (Wildman–Crippen LogP) is -0.227. The zero-order valence-electron chi connectivity index (χ0n) is 10.7. The molecule has 0 bridgehead atoms. The van der Waals surface area contributed by atoms with Crippen LogP contribution in [-0.2, 0) is 14.4 Å². The molecule has 0 fully saturated rings. The molecule has 0 aliphatic heterocycles. The van der Waals surface area contributed by atoms with Gasteiger partial charge in [0.2, 0.25) is 5.91 Å². The number of nitrogens with one attached hydrogen (secondary N) is 1. The first kappa shape index (κ1) is 15.6. The summed E-state index contributed by atoms with van der Waals surface area (Å²) >= 11 is 0. The van der Waals surface area contributed by atoms with E-state index in [2.05, 4.69) is 5.32 Å². The van der Waals surface area contributed by atoms with Gasteiger partial charge in [-0.3, -0.25) is 9.59 Å². The lowest BCUT2D eigenvalue weighted by atomic mass is 9.98. The maximum Gasteiger partial charge on any atom is 0.326 e. The van der Waals surface area contributed by atoms with Crippen LogP contribution in [0.1, 0.15) is 17.9 Å². The zero-order chi connectivity index (χ0) is 15.1. The summed E-state index contributed by atoms with van der Waals surface area (Å²) in [5.74, 6) is -4.02. The number of carboxylic acids is 2. The molecule has 0 aromatic heterocycles. The van der Waals surface area contributed by atoms with Gasteiger partial charge in [0.05, 0.1) is 12.3 Å². The Balaban J connectivity index is 2.81. The van der Waals surface area contributed by atoms with Crippen LogP contribution in [0.15, 0.2) is 30.3 Å². The van der Waals surface area contributed by atoms with Crippen molar-refractivity contribution in [1.29, 1.82) is 0 Å². The summed E-state index contributed by atoms with van der Waals surface area (Å²) in [6.45, 7) is -0.00471. The average molecular weight is 280 g/mol. The predicted molar refractivity (Wildman–Crippen MR) is 70.1 cm³/mol. The minimum absolute atomic E-state index is 0.00471. The van der Waals surface area contributed by atoms with Gasteiger partial charge in [-0.15, -0.1) is 0 Å². The molecule has 1 rings (SSSR count). The molecule has 1 aromatic carbocycles. The quantitative estimate of drug-likeness (QED) is 0.546. The maximum absolute atomic E-state index is 12.0. The number of carbonyl (C=O) groups is 3. The van der Waals surface area contributed by atoms with Gasteiger partial charge in [-0.25, -0.2) is 4.79 Å². The van der Waals surface area contributed by atoms with Crippen molar-refractivity contribution >= 4 is 17.8 Å². The molecular formula is C13H16N2O5. The van der Waals surface area contributed by atoms with Crippen LogP contribution in [0, 0.1) is 0 Å². The van der Waals surface area contributed by atoms with Crippen molar-refractivity contribution < 1.29 is 24.6 Å². The highest BCUT2D eigenvalue weighted by molar-refractivity contribution is 5.90. The van der Waals surface area contributed by atoms with Crippen molar-refractivity contribution in [2.45, 2.75) is 18.4 Å². The lowest BCUT2D eigenvalue weighted by Gasteiger charge is -2.18. The van der Waals surface area contributed by atoms with E-state index in [1.807, 2.05) is 0 Å². The minimum Gasteiger partial charge on any atom is -0.481 e. The van der Waals surface area contributed by atoms with E-state index in [0.717, 1.165) is 0 Å². The molecule has 0 spiro atoms. The molecule has 0 radical (unpaired) electrons. The standard InChI is InChI=1S/C13H16N2O5/c14-7-9(8-4-2-1-3-5-8)12(18)15-10(13(19)20)6-11(16)17/h1-5,9-10H,6-7,14H2,(H,15,18)(H,16,17)(H,19,20). The topological polar surface area (TPSA) is 130 Å². The van der Waals surface area contributed by atoms with Gasteiger partial charge in [0.1, 0.15) is 6.04 Å². The smallest absolute Gasteiger partial charge is 0.326 e. The maximum atomic E-state index is 12.0. The van der Waals surface area contributed by atoms with Crippen LogP contribution in [0.5, 0.6) is 0 Å². The molecule has 5 N–H and O–H groups in total. The van der Waals surface area contributed by atoms with Gasteiger partial charge in [0.15, 0.2) is 0 Å². The molecule has 0 saturated carbocycles. The number of rotatable bonds is 7. The molecule has 0 heterocycles. The molecule has 20 heavy (non-hydrogen) atoms. The van der Waals surface area contributed by atoms with E-state index in [0.29, 0.717) is 5.56 Å². The third kappa shape index (κ3) is 4.36. The van der Waals surface area contributed by atoms with Gasteiger partial charge in [0, 0.05) is 6.54 Å². The van der Waals surface area contributed by atoms with Crippen molar-refractivity contribution in [1.82, 2.24) is 5.32 Å². The summed E-state index contributed by atoms with van der Waals surface area (Å²) in [6.07, 6.45) is -0.687. The SMILES string of the molecule is NCC(C(=O)NC(CC(=O)O)C(=O)O)c1ccccc1. The number of aliphatic carboxylic acids is 2. The highest BCUT2D eigenvalue weighted by Crippen LogP contribution is 2.14. The van der Waals surface area contributed by atoms with Gasteiger partial charge in [-0.1, -0.05) is 30.3 Å². The molecular weight excluding hydrogens is 264 g/mol. The molecule has 1 aromatic rings. The van der Waals surface area contributed by atoms with Crippen LogP contribution in [0.3, 0.4) is 0 Å². The molecule has 2 unspecified atom stereocenters. The fourth-order valence-electron chi connectivity index (χ4n) is 1.73. The van der Waals surface area contributed by atoms with E-state index in [1.54, 1.807) is 30.3 Å². The first-order valence-corrected chi connectivity index (χ1v) is 5.95. The molecule has 2 atom stereocenters. The number of carboxylic acid groups (broad SMARTS) is 2. The van der Waals surface area contributed by atoms with E-state index in [4.69, 9.17) is 15.9 Å². The van der Waals surface area contributed by atoms with Crippen LogP contribution < -0.4 is 11.1 Å². The number of nitrogens with two attached hydrogens (primary N) is 1. The Morgan fingerprint density at radius 3 is 2.20 bits per heavy atom. The van der Waals surface area contributed by atoms with Crippen molar-refractivity contribution in [3.8, 4) is 0 Å². The van der Waals surface area contributed by atoms with Gasteiger partial charge < -0.3 is 21.3 Å². The molecule has 108 valence electrons. The third-order valence-electron chi connectivity index (χ3n) is 2.75. The van der Waals surface area contributed by atoms with E-state index >= 15 is 0 Å². The lowest BCUT2D eigenvalue weighted by molar-refractivity contribution is -0.147. The number of benzene rings is 1. The Kier molecular flexibility index (Phi) is 5.67. The Hall–Kier alpha value is -2.41. The second-order valence-corrected chi connectivity index (χ2v) is 4.20. The highest BCUT2D eigenvalue weighted by Gasteiger charge is 2.27. The van der Waals surface area contributed by atoms with Crippen LogP contribution >= 0.6 is 0 Å². The van der Waals surface area contributed by atoms with Gasteiger partial charge in [-0.2, -0.15) is 0 Å². The van der Waals surface area contributed by atoms with Crippen molar-refractivity contribution in [3.05, 3.63) is 35.9 Å². The molecule has 0 saturated heterocycles. The number of hydrogen-bond donors (Lipinski definition) is 4. The van der Waals surface area contributed by atoms with Crippen LogP contribution in [-0.4, -0.2) is 40.6 Å². The van der Waals surface area contributed by atoms with Crippen LogP contribution in [0.2, 0.25) is 0 Å². The molecule has 7 nitrogen and oxygen atoms in total. The Bertz CT molecular complexity index is 489. The summed E-state index contributed by atoms with van der Waals surface area (Å²) in [5.41, 5.74) is 6.18. The first-order chi connectivity index (χ1) is 9.45. The highest BCUT2D eigenvalue weighted by atomic mass is 16.4. The van der Waals surface area contributed by atoms with E-state index in [-0.39, 0.29) is 6.54 Å². The summed E-state index contributed by atoms with van der Waals surface area (Å²) < 4.78 is 0. The van der Waals surface area contributed by atoms with E-state index in [1.165, 1.54) is 0 Å². The fraction of sp³-hybridized carbons (Fsp3) is 0.308. The summed E-state index contributed by atoms with van der Waals surface area (Å²) in [7, 11) is 0. The Morgan fingerprint density at radius 2 is 1.75 bits per heavy atom. The minimum atomic E-state index is -1.47. The third-order valence-corrected chi connectivity index (χ3v) is 2.75. The number of hydrogen-bond acceptors (Lipinski definition) is 4.